The predicted octanol–water partition coefficient (Wildman–Crippen LogP) is 1.18. The maximum absolute atomic E-state index is 12.8. The Morgan fingerprint density at radius 1 is 1.31 bits per heavy atom. The van der Waals surface area contributed by atoms with Crippen molar-refractivity contribution in [1.82, 2.24) is 10.2 Å². The molecule has 3 rings (SSSR count). The number of hydrogen-bond acceptors (Lipinski definition) is 5. The lowest BCUT2D eigenvalue weighted by Crippen LogP contribution is -2.49. The van der Waals surface area contributed by atoms with Gasteiger partial charge in [-0.15, -0.1) is 0 Å². The number of rotatable bonds is 6. The zero-order chi connectivity index (χ0) is 18.8. The van der Waals surface area contributed by atoms with Gasteiger partial charge in [0.1, 0.15) is 17.7 Å². The molecule has 26 heavy (non-hydrogen) atoms. The minimum Gasteiger partial charge on any atom is -0.456 e. The molecular formula is C18H20N2O5S. The van der Waals surface area contributed by atoms with E-state index in [-0.39, 0.29) is 30.2 Å². The molecule has 0 saturated carbocycles. The van der Waals surface area contributed by atoms with Gasteiger partial charge in [-0.2, -0.15) is 0 Å². The number of nitrogens with zero attached hydrogens (tertiary/aromatic N) is 1. The Labute approximate surface area is 153 Å². The van der Waals surface area contributed by atoms with Gasteiger partial charge in [-0.3, -0.25) is 13.8 Å². The monoisotopic (exact) mass is 376 g/mol. The van der Waals surface area contributed by atoms with Crippen molar-refractivity contribution >= 4 is 28.6 Å². The van der Waals surface area contributed by atoms with Gasteiger partial charge in [-0.25, -0.2) is 4.79 Å². The molecule has 1 fully saturated rings. The average Bonchev–Trinajstić information content (AvgIpc) is 2.92. The molecule has 1 aromatic rings. The van der Waals surface area contributed by atoms with Crippen LogP contribution >= 0.6 is 0 Å². The smallest absolute Gasteiger partial charge is 0.356 e. The van der Waals surface area contributed by atoms with Gasteiger partial charge in [0.15, 0.2) is 0 Å². The van der Waals surface area contributed by atoms with Crippen LogP contribution in [0.4, 0.5) is 0 Å². The summed E-state index contributed by atoms with van der Waals surface area (Å²) in [6.07, 6.45) is 0.683. The maximum atomic E-state index is 12.8. The van der Waals surface area contributed by atoms with E-state index in [0.717, 1.165) is 5.56 Å². The summed E-state index contributed by atoms with van der Waals surface area (Å²) in [4.78, 5) is 37.5. The van der Waals surface area contributed by atoms with Crippen LogP contribution in [0, 0.1) is 0 Å². The second-order valence-corrected chi connectivity index (χ2v) is 8.09. The third kappa shape index (κ3) is 3.55. The highest BCUT2D eigenvalue weighted by molar-refractivity contribution is 7.89. The molecule has 0 radical (unpaired) electrons. The molecule has 2 aliphatic rings. The number of fused-ring (bicyclic) bond motifs is 1. The summed E-state index contributed by atoms with van der Waals surface area (Å²) in [5.41, 5.74) is 0.887. The Morgan fingerprint density at radius 3 is 2.62 bits per heavy atom. The van der Waals surface area contributed by atoms with Gasteiger partial charge in [0.05, 0.1) is 21.7 Å². The minimum atomic E-state index is -1.62. The van der Waals surface area contributed by atoms with E-state index in [1.54, 1.807) is 6.92 Å². The second-order valence-electron chi connectivity index (χ2n) is 6.30. The maximum Gasteiger partial charge on any atom is 0.356 e. The van der Waals surface area contributed by atoms with Crippen LogP contribution in [0.25, 0.3) is 0 Å². The third-order valence-corrected chi connectivity index (χ3v) is 5.95. The molecule has 0 aliphatic carbocycles. The number of ether oxygens (including phenoxy) is 1. The van der Waals surface area contributed by atoms with Gasteiger partial charge in [0.2, 0.25) is 11.8 Å². The summed E-state index contributed by atoms with van der Waals surface area (Å²) in [5, 5.41) is 1.91. The number of amides is 2. The molecule has 1 saturated heterocycles. The number of nitrogens with one attached hydrogen (secondary N) is 1. The second kappa shape index (κ2) is 7.41. The summed E-state index contributed by atoms with van der Waals surface area (Å²) >= 11 is 0. The van der Waals surface area contributed by atoms with Crippen LogP contribution in [0.15, 0.2) is 40.9 Å². The zero-order valence-electron chi connectivity index (χ0n) is 14.6. The first-order valence-corrected chi connectivity index (χ1v) is 9.53. The Balaban J connectivity index is 1.80. The van der Waals surface area contributed by atoms with Gasteiger partial charge in [-0.05, 0) is 12.5 Å². The van der Waals surface area contributed by atoms with E-state index >= 15 is 0 Å². The molecule has 2 heterocycles. The largest absolute Gasteiger partial charge is 0.456 e. The Morgan fingerprint density at radius 2 is 2.00 bits per heavy atom. The number of hydrogen-bond donors (Lipinski definition) is 1. The topological polar surface area (TPSA) is 92.8 Å². The van der Waals surface area contributed by atoms with Gasteiger partial charge in [0, 0.05) is 19.8 Å². The molecule has 3 atom stereocenters. The lowest BCUT2D eigenvalue weighted by molar-refractivity contribution is -0.150. The standard InChI is InChI=1S/C18H20N2O5S/c1-11(21)19-12(2)26(24)15-8-14-9-16(22)20(14)17(15)18(23)25-10-13-6-4-3-5-7-13/h3-7,12,14H,8-10H2,1-2H3,(H,19,21). The van der Waals surface area contributed by atoms with E-state index in [1.165, 1.54) is 11.8 Å². The number of benzene rings is 1. The Hall–Kier alpha value is -2.48. The highest BCUT2D eigenvalue weighted by Crippen LogP contribution is 2.40. The van der Waals surface area contributed by atoms with Crippen molar-refractivity contribution in [2.75, 3.05) is 0 Å². The number of carbonyl (C=O) groups is 3. The molecule has 138 valence electrons. The molecular weight excluding hydrogens is 356 g/mol. The molecule has 1 aromatic carbocycles. The molecule has 2 aliphatic heterocycles. The molecule has 8 heteroatoms. The average molecular weight is 376 g/mol. The minimum absolute atomic E-state index is 0.0665. The zero-order valence-corrected chi connectivity index (χ0v) is 15.4. The van der Waals surface area contributed by atoms with Gasteiger partial charge >= 0.3 is 5.97 Å². The Kier molecular flexibility index (Phi) is 5.22. The Bertz CT molecular complexity index is 805. The number of carbonyl (C=O) groups excluding carboxylic acids is 3. The first kappa shape index (κ1) is 18.3. The number of esters is 1. The van der Waals surface area contributed by atoms with Crippen LogP contribution in [0.2, 0.25) is 0 Å². The van der Waals surface area contributed by atoms with E-state index in [2.05, 4.69) is 5.32 Å². The first-order chi connectivity index (χ1) is 12.4. The van der Waals surface area contributed by atoms with Gasteiger partial charge in [0.25, 0.3) is 0 Å². The van der Waals surface area contributed by atoms with Crippen LogP contribution in [0.1, 0.15) is 32.3 Å². The van der Waals surface area contributed by atoms with Gasteiger partial charge in [-0.1, -0.05) is 30.3 Å². The fourth-order valence-corrected chi connectivity index (χ4v) is 4.56. The highest BCUT2D eigenvalue weighted by Gasteiger charge is 2.49. The summed E-state index contributed by atoms with van der Waals surface area (Å²) in [5.74, 6) is -1.15. The quantitative estimate of drug-likeness (QED) is 0.594. The van der Waals surface area contributed by atoms with Crippen molar-refractivity contribution in [3.05, 3.63) is 46.5 Å². The summed E-state index contributed by atoms with van der Waals surface area (Å²) in [6, 6.07) is 9.03. The first-order valence-electron chi connectivity index (χ1n) is 8.32. The van der Waals surface area contributed by atoms with Crippen molar-refractivity contribution < 1.29 is 23.3 Å². The summed E-state index contributed by atoms with van der Waals surface area (Å²) in [6.45, 7) is 3.01. The molecule has 3 unspecified atom stereocenters. The highest BCUT2D eigenvalue weighted by atomic mass is 32.2. The fraction of sp³-hybridized carbons (Fsp3) is 0.389. The van der Waals surface area contributed by atoms with Crippen LogP contribution < -0.4 is 5.32 Å². The van der Waals surface area contributed by atoms with Gasteiger partial charge < -0.3 is 15.0 Å². The molecule has 0 aromatic heterocycles. The molecule has 2 amide bonds. The van der Waals surface area contributed by atoms with Crippen molar-refractivity contribution in [3.8, 4) is 0 Å². The summed E-state index contributed by atoms with van der Waals surface area (Å²) < 4.78 is 18.1. The lowest BCUT2D eigenvalue weighted by atomic mass is 10.0. The van der Waals surface area contributed by atoms with Crippen molar-refractivity contribution in [3.63, 3.8) is 0 Å². The van der Waals surface area contributed by atoms with E-state index in [9.17, 15) is 18.6 Å². The van der Waals surface area contributed by atoms with Crippen molar-refractivity contribution in [1.29, 1.82) is 0 Å². The molecule has 7 nitrogen and oxygen atoms in total. The fourth-order valence-electron chi connectivity index (χ4n) is 3.13. The normalized spacial score (nSPS) is 20.9. The van der Waals surface area contributed by atoms with Crippen molar-refractivity contribution in [2.24, 2.45) is 0 Å². The molecule has 0 spiro atoms. The third-order valence-electron chi connectivity index (χ3n) is 4.35. The van der Waals surface area contributed by atoms with Crippen LogP contribution in [-0.2, 0) is 36.5 Å². The SMILES string of the molecule is CC(=O)NC(C)S(=O)C1=C(C(=O)OCc2ccccc2)N2C(=O)CC2C1. The van der Waals surface area contributed by atoms with Crippen LogP contribution in [-0.4, -0.2) is 38.3 Å². The summed E-state index contributed by atoms with van der Waals surface area (Å²) in [7, 11) is -1.62. The predicted molar refractivity (Wildman–Crippen MR) is 94.6 cm³/mol. The van der Waals surface area contributed by atoms with E-state index in [0.29, 0.717) is 17.7 Å². The van der Waals surface area contributed by atoms with Crippen LogP contribution in [0.5, 0.6) is 0 Å². The molecule has 1 N–H and O–H groups in total. The number of β-lactam (4-membered cyclic amide) rings is 1. The molecule has 0 bridgehead atoms. The van der Waals surface area contributed by atoms with E-state index in [4.69, 9.17) is 4.74 Å². The van der Waals surface area contributed by atoms with E-state index < -0.39 is 22.1 Å². The van der Waals surface area contributed by atoms with Crippen LogP contribution in [0.3, 0.4) is 0 Å². The lowest BCUT2D eigenvalue weighted by Gasteiger charge is -2.35. The van der Waals surface area contributed by atoms with E-state index in [1.807, 2.05) is 30.3 Å². The van der Waals surface area contributed by atoms with Crippen molar-refractivity contribution in [2.45, 2.75) is 44.7 Å².